The summed E-state index contributed by atoms with van der Waals surface area (Å²) in [6, 6.07) is 3.98. The molecule has 2 saturated heterocycles. The fraction of sp³-hybridized carbons (Fsp3) is 0.556. The Morgan fingerprint density at radius 2 is 1.67 bits per heavy atom. The Balaban J connectivity index is 1.77. The van der Waals surface area contributed by atoms with E-state index in [0.717, 1.165) is 25.7 Å². The number of carbonyl (C=O) groups excluding carboxylic acids is 2. The van der Waals surface area contributed by atoms with Crippen LogP contribution in [0.4, 0.5) is 0 Å². The van der Waals surface area contributed by atoms with Crippen LogP contribution in [0, 0.1) is 0 Å². The summed E-state index contributed by atoms with van der Waals surface area (Å²) in [5, 5.41) is 0.0844. The molecule has 2 fully saturated rings. The van der Waals surface area contributed by atoms with Crippen molar-refractivity contribution in [1.82, 2.24) is 9.21 Å². The molecular formula is C18H23ClN2O5S. The third-order valence-corrected chi connectivity index (χ3v) is 7.13. The molecule has 1 atom stereocenters. The van der Waals surface area contributed by atoms with Crippen molar-refractivity contribution in [3.63, 3.8) is 0 Å². The molecule has 0 spiro atoms. The van der Waals surface area contributed by atoms with Crippen molar-refractivity contribution < 1.29 is 22.7 Å². The van der Waals surface area contributed by atoms with Gasteiger partial charge in [-0.15, -0.1) is 0 Å². The highest BCUT2D eigenvalue weighted by Gasteiger charge is 2.30. The van der Waals surface area contributed by atoms with E-state index >= 15 is 0 Å². The maximum absolute atomic E-state index is 12.7. The van der Waals surface area contributed by atoms with Gasteiger partial charge in [0.15, 0.2) is 6.10 Å². The van der Waals surface area contributed by atoms with E-state index in [9.17, 15) is 18.0 Å². The van der Waals surface area contributed by atoms with Crippen molar-refractivity contribution in [1.29, 1.82) is 0 Å². The SMILES string of the molecule is C[C@@H](OC(=O)c1cc(S(=O)(=O)N2CCCC2)ccc1Cl)C(=O)N1CCCC1. The lowest BCUT2D eigenvalue weighted by Gasteiger charge is -2.21. The standard InChI is InChI=1S/C18H23ClN2O5S/c1-13(17(22)20-8-2-3-9-20)26-18(23)15-12-14(6-7-16(15)19)27(24,25)21-10-4-5-11-21/h6-7,12-13H,2-5,8-11H2,1H3/t13-/m1/s1. The number of amides is 1. The molecule has 9 heteroatoms. The van der Waals surface area contributed by atoms with Crippen LogP contribution in [0.25, 0.3) is 0 Å². The van der Waals surface area contributed by atoms with Gasteiger partial charge in [0.25, 0.3) is 5.91 Å². The first-order valence-electron chi connectivity index (χ1n) is 9.10. The smallest absolute Gasteiger partial charge is 0.340 e. The van der Waals surface area contributed by atoms with E-state index in [0.29, 0.717) is 26.2 Å². The van der Waals surface area contributed by atoms with Crippen LogP contribution in [-0.4, -0.2) is 61.8 Å². The van der Waals surface area contributed by atoms with Gasteiger partial charge in [-0.2, -0.15) is 4.31 Å². The van der Waals surface area contributed by atoms with E-state index in [4.69, 9.17) is 16.3 Å². The Bertz CT molecular complexity index is 830. The van der Waals surface area contributed by atoms with Crippen molar-refractivity contribution in [2.24, 2.45) is 0 Å². The minimum absolute atomic E-state index is 0.000674. The highest BCUT2D eigenvalue weighted by Crippen LogP contribution is 2.26. The van der Waals surface area contributed by atoms with E-state index in [2.05, 4.69) is 0 Å². The van der Waals surface area contributed by atoms with E-state index in [1.165, 1.54) is 29.4 Å². The van der Waals surface area contributed by atoms with Gasteiger partial charge in [0.2, 0.25) is 10.0 Å². The predicted octanol–water partition coefficient (Wildman–Crippen LogP) is 2.29. The van der Waals surface area contributed by atoms with Gasteiger partial charge in [-0.3, -0.25) is 4.79 Å². The lowest BCUT2D eigenvalue weighted by atomic mass is 10.2. The van der Waals surface area contributed by atoms with Crippen molar-refractivity contribution in [3.05, 3.63) is 28.8 Å². The number of likely N-dealkylation sites (tertiary alicyclic amines) is 1. The lowest BCUT2D eigenvalue weighted by Crippen LogP contribution is -2.38. The Labute approximate surface area is 164 Å². The van der Waals surface area contributed by atoms with Crippen LogP contribution in [0.2, 0.25) is 5.02 Å². The topological polar surface area (TPSA) is 84.0 Å². The number of benzene rings is 1. The Kier molecular flexibility index (Phi) is 6.08. The predicted molar refractivity (Wildman–Crippen MR) is 100 cm³/mol. The first-order chi connectivity index (χ1) is 12.8. The molecule has 3 rings (SSSR count). The number of rotatable bonds is 5. The molecular weight excluding hydrogens is 392 g/mol. The van der Waals surface area contributed by atoms with E-state index in [1.807, 2.05) is 0 Å². The van der Waals surface area contributed by atoms with Gasteiger partial charge >= 0.3 is 5.97 Å². The van der Waals surface area contributed by atoms with Gasteiger partial charge in [-0.05, 0) is 50.8 Å². The Morgan fingerprint density at radius 1 is 1.07 bits per heavy atom. The van der Waals surface area contributed by atoms with Crippen LogP contribution in [0.15, 0.2) is 23.1 Å². The number of halogens is 1. The van der Waals surface area contributed by atoms with Gasteiger partial charge in [-0.25, -0.2) is 13.2 Å². The van der Waals surface area contributed by atoms with E-state index in [-0.39, 0.29) is 21.4 Å². The molecule has 0 aromatic heterocycles. The third-order valence-electron chi connectivity index (χ3n) is 4.91. The Hall–Kier alpha value is -1.64. The number of esters is 1. The maximum Gasteiger partial charge on any atom is 0.340 e. The summed E-state index contributed by atoms with van der Waals surface area (Å²) >= 11 is 6.09. The van der Waals surface area contributed by atoms with Crippen LogP contribution in [0.3, 0.4) is 0 Å². The van der Waals surface area contributed by atoms with Crippen LogP contribution in [0.5, 0.6) is 0 Å². The number of hydrogen-bond acceptors (Lipinski definition) is 5. The molecule has 0 N–H and O–H groups in total. The lowest BCUT2D eigenvalue weighted by molar-refractivity contribution is -0.138. The molecule has 0 saturated carbocycles. The second-order valence-corrected chi connectivity index (χ2v) is 9.18. The molecule has 0 aliphatic carbocycles. The highest BCUT2D eigenvalue weighted by atomic mass is 35.5. The summed E-state index contributed by atoms with van der Waals surface area (Å²) in [4.78, 5) is 26.5. The van der Waals surface area contributed by atoms with Gasteiger partial charge in [0, 0.05) is 26.2 Å². The van der Waals surface area contributed by atoms with Crippen molar-refractivity contribution in [2.75, 3.05) is 26.2 Å². The second kappa shape index (κ2) is 8.16. The van der Waals surface area contributed by atoms with Crippen molar-refractivity contribution in [2.45, 2.75) is 43.6 Å². The van der Waals surface area contributed by atoms with Crippen LogP contribution in [-0.2, 0) is 19.6 Å². The number of hydrogen-bond donors (Lipinski definition) is 0. The first-order valence-corrected chi connectivity index (χ1v) is 10.9. The summed E-state index contributed by atoms with van der Waals surface area (Å²) in [5.41, 5.74) is -0.0574. The number of carbonyl (C=O) groups is 2. The molecule has 1 aromatic rings. The third kappa shape index (κ3) is 4.28. The summed E-state index contributed by atoms with van der Waals surface area (Å²) in [5.74, 6) is -1.06. The molecule has 2 aliphatic rings. The van der Waals surface area contributed by atoms with Crippen LogP contribution < -0.4 is 0 Å². The largest absolute Gasteiger partial charge is 0.449 e. The van der Waals surface area contributed by atoms with Gasteiger partial charge in [0.05, 0.1) is 15.5 Å². The summed E-state index contributed by atoms with van der Waals surface area (Å²) < 4.78 is 32.0. The zero-order valence-electron chi connectivity index (χ0n) is 15.2. The van der Waals surface area contributed by atoms with E-state index < -0.39 is 22.1 Å². The second-order valence-electron chi connectivity index (χ2n) is 6.83. The minimum atomic E-state index is -3.68. The Morgan fingerprint density at radius 3 is 2.30 bits per heavy atom. The zero-order valence-corrected chi connectivity index (χ0v) is 16.8. The molecule has 1 aromatic carbocycles. The monoisotopic (exact) mass is 414 g/mol. The normalized spacial score (nSPS) is 19.3. The van der Waals surface area contributed by atoms with E-state index in [1.54, 1.807) is 4.90 Å². The number of nitrogens with zero attached hydrogens (tertiary/aromatic N) is 2. The highest BCUT2D eigenvalue weighted by molar-refractivity contribution is 7.89. The minimum Gasteiger partial charge on any atom is -0.449 e. The molecule has 0 radical (unpaired) electrons. The molecule has 0 unspecified atom stereocenters. The molecule has 2 heterocycles. The maximum atomic E-state index is 12.7. The van der Waals surface area contributed by atoms with Crippen LogP contribution in [0.1, 0.15) is 43.0 Å². The van der Waals surface area contributed by atoms with Gasteiger partial charge < -0.3 is 9.64 Å². The van der Waals surface area contributed by atoms with Gasteiger partial charge in [0.1, 0.15) is 0 Å². The zero-order chi connectivity index (χ0) is 19.6. The fourth-order valence-electron chi connectivity index (χ4n) is 3.37. The van der Waals surface area contributed by atoms with Crippen LogP contribution >= 0.6 is 11.6 Å². The summed E-state index contributed by atoms with van der Waals surface area (Å²) in [6.07, 6.45) is 2.56. The first kappa shape index (κ1) is 20.1. The van der Waals surface area contributed by atoms with Crippen molar-refractivity contribution in [3.8, 4) is 0 Å². The molecule has 0 bridgehead atoms. The molecule has 148 valence electrons. The quantitative estimate of drug-likeness (QED) is 0.690. The summed E-state index contributed by atoms with van der Waals surface area (Å²) in [6.45, 7) is 3.76. The number of ether oxygens (including phenoxy) is 1. The van der Waals surface area contributed by atoms with Crippen molar-refractivity contribution >= 4 is 33.5 Å². The molecule has 7 nitrogen and oxygen atoms in total. The number of sulfonamides is 1. The average Bonchev–Trinajstić information content (AvgIpc) is 3.34. The molecule has 1 amide bonds. The van der Waals surface area contributed by atoms with Gasteiger partial charge in [-0.1, -0.05) is 11.6 Å². The average molecular weight is 415 g/mol. The molecule has 2 aliphatic heterocycles. The summed E-state index contributed by atoms with van der Waals surface area (Å²) in [7, 11) is -3.68. The fourth-order valence-corrected chi connectivity index (χ4v) is 5.11. The molecule has 27 heavy (non-hydrogen) atoms.